The molecule has 2 nitrogen and oxygen atoms in total. The van der Waals surface area contributed by atoms with Crippen LogP contribution in [0.25, 0.3) is 0 Å². The predicted molar refractivity (Wildman–Crippen MR) is 63.7 cm³/mol. The van der Waals surface area contributed by atoms with Crippen molar-refractivity contribution in [3.63, 3.8) is 0 Å². The number of halogens is 7. The predicted octanol–water partition coefficient (Wildman–Crippen LogP) is 4.52. The first-order chi connectivity index (χ1) is 10.7. The van der Waals surface area contributed by atoms with E-state index in [1.54, 1.807) is 0 Å². The van der Waals surface area contributed by atoms with E-state index in [2.05, 4.69) is 9.47 Å². The summed E-state index contributed by atoms with van der Waals surface area (Å²) in [5.74, 6) is -10.8. The highest BCUT2D eigenvalue weighted by atomic mass is 19.3. The maximum Gasteiger partial charge on any atom is 0.429 e. The molecule has 0 saturated heterocycles. The molecule has 0 amide bonds. The SMILES string of the molecule is COc1ccc(C(F)(F)Oc2cc(F)c(F)c(F)c2)c(F)c1F. The van der Waals surface area contributed by atoms with Crippen molar-refractivity contribution in [2.75, 3.05) is 7.11 Å². The van der Waals surface area contributed by atoms with Gasteiger partial charge >= 0.3 is 6.11 Å². The van der Waals surface area contributed by atoms with Gasteiger partial charge in [0.25, 0.3) is 0 Å². The van der Waals surface area contributed by atoms with E-state index in [9.17, 15) is 30.7 Å². The molecule has 2 aromatic carbocycles. The van der Waals surface area contributed by atoms with Crippen molar-refractivity contribution >= 4 is 0 Å². The Kier molecular flexibility index (Phi) is 4.39. The van der Waals surface area contributed by atoms with Crippen LogP contribution in [-0.4, -0.2) is 7.11 Å². The van der Waals surface area contributed by atoms with Gasteiger partial charge in [-0.2, -0.15) is 13.2 Å². The van der Waals surface area contributed by atoms with Crippen LogP contribution in [0.5, 0.6) is 11.5 Å². The standard InChI is InChI=1S/C14H7F7O2/c1-22-10-3-2-7(11(17)13(10)19)14(20,21)23-6-4-8(15)12(18)9(16)5-6/h2-5H,1H3. The fourth-order valence-electron chi connectivity index (χ4n) is 1.71. The second-order valence-electron chi connectivity index (χ2n) is 4.26. The third kappa shape index (κ3) is 3.17. The van der Waals surface area contributed by atoms with Gasteiger partial charge in [-0.3, -0.25) is 0 Å². The molecule has 0 saturated carbocycles. The topological polar surface area (TPSA) is 18.5 Å². The van der Waals surface area contributed by atoms with E-state index in [1.165, 1.54) is 0 Å². The van der Waals surface area contributed by atoms with Gasteiger partial charge in [-0.15, -0.1) is 0 Å². The maximum absolute atomic E-state index is 13.9. The van der Waals surface area contributed by atoms with Crippen molar-refractivity contribution in [3.05, 3.63) is 58.9 Å². The van der Waals surface area contributed by atoms with Crippen LogP contribution in [0, 0.1) is 29.1 Å². The zero-order valence-electron chi connectivity index (χ0n) is 11.3. The number of ether oxygens (including phenoxy) is 2. The summed E-state index contributed by atoms with van der Waals surface area (Å²) in [5, 5.41) is 0. The Bertz CT molecular complexity index is 723. The molecule has 0 fully saturated rings. The van der Waals surface area contributed by atoms with Crippen LogP contribution in [0.3, 0.4) is 0 Å². The van der Waals surface area contributed by atoms with E-state index in [1.807, 2.05) is 0 Å². The molecular formula is C14H7F7O2. The molecule has 0 atom stereocenters. The summed E-state index contributed by atoms with van der Waals surface area (Å²) >= 11 is 0. The van der Waals surface area contributed by atoms with Crippen LogP contribution in [0.2, 0.25) is 0 Å². The van der Waals surface area contributed by atoms with Gasteiger partial charge in [0.2, 0.25) is 5.82 Å². The van der Waals surface area contributed by atoms with Gasteiger partial charge in [0.05, 0.1) is 7.11 Å². The molecule has 0 heterocycles. The Morgan fingerprint density at radius 2 is 1.39 bits per heavy atom. The number of hydrogen-bond acceptors (Lipinski definition) is 2. The molecule has 0 aliphatic rings. The highest BCUT2D eigenvalue weighted by molar-refractivity contribution is 5.34. The Morgan fingerprint density at radius 3 is 1.91 bits per heavy atom. The van der Waals surface area contributed by atoms with E-state index >= 15 is 0 Å². The largest absolute Gasteiger partial charge is 0.494 e. The van der Waals surface area contributed by atoms with Crippen LogP contribution in [0.15, 0.2) is 24.3 Å². The smallest absolute Gasteiger partial charge is 0.429 e. The number of benzene rings is 2. The molecule has 0 N–H and O–H groups in total. The van der Waals surface area contributed by atoms with Crippen LogP contribution in [0.4, 0.5) is 30.7 Å². The first-order valence-electron chi connectivity index (χ1n) is 5.91. The molecule has 124 valence electrons. The monoisotopic (exact) mass is 340 g/mol. The molecular weight excluding hydrogens is 333 g/mol. The fourth-order valence-corrected chi connectivity index (χ4v) is 1.71. The second kappa shape index (κ2) is 5.98. The lowest BCUT2D eigenvalue weighted by Gasteiger charge is -2.19. The molecule has 0 aliphatic heterocycles. The van der Waals surface area contributed by atoms with Gasteiger partial charge in [0.1, 0.15) is 11.3 Å². The second-order valence-corrected chi connectivity index (χ2v) is 4.26. The normalized spacial score (nSPS) is 11.5. The summed E-state index contributed by atoms with van der Waals surface area (Å²) in [5.41, 5.74) is -1.53. The van der Waals surface area contributed by atoms with E-state index in [0.29, 0.717) is 6.07 Å². The van der Waals surface area contributed by atoms with Crippen LogP contribution in [0.1, 0.15) is 5.56 Å². The summed E-state index contributed by atoms with van der Waals surface area (Å²) in [6.07, 6.45) is -4.48. The molecule has 9 heteroatoms. The number of methoxy groups -OCH3 is 1. The van der Waals surface area contributed by atoms with Crippen molar-refractivity contribution in [2.45, 2.75) is 6.11 Å². The lowest BCUT2D eigenvalue weighted by molar-refractivity contribution is -0.188. The molecule has 0 aromatic heterocycles. The molecule has 0 spiro atoms. The first kappa shape index (κ1) is 16.9. The number of rotatable bonds is 4. The van der Waals surface area contributed by atoms with Crippen molar-refractivity contribution in [1.82, 2.24) is 0 Å². The molecule has 2 aromatic rings. The number of hydrogen-bond donors (Lipinski definition) is 0. The van der Waals surface area contributed by atoms with Gasteiger partial charge in [-0.1, -0.05) is 0 Å². The third-order valence-electron chi connectivity index (χ3n) is 2.78. The lowest BCUT2D eigenvalue weighted by Crippen LogP contribution is -2.24. The van der Waals surface area contributed by atoms with Crippen LogP contribution < -0.4 is 9.47 Å². The van der Waals surface area contributed by atoms with E-state index < -0.39 is 52.3 Å². The van der Waals surface area contributed by atoms with Gasteiger partial charge in [0, 0.05) is 12.1 Å². The summed E-state index contributed by atoms with van der Waals surface area (Å²) in [4.78, 5) is 0. The lowest BCUT2D eigenvalue weighted by atomic mass is 10.1. The average Bonchev–Trinajstić information content (AvgIpc) is 2.46. The van der Waals surface area contributed by atoms with Crippen molar-refractivity contribution in [2.24, 2.45) is 0 Å². The third-order valence-corrected chi connectivity index (χ3v) is 2.78. The van der Waals surface area contributed by atoms with E-state index in [4.69, 9.17) is 0 Å². The van der Waals surface area contributed by atoms with E-state index in [-0.39, 0.29) is 12.1 Å². The van der Waals surface area contributed by atoms with Crippen molar-refractivity contribution in [1.29, 1.82) is 0 Å². The molecule has 0 aliphatic carbocycles. The Labute approximate surface area is 125 Å². The van der Waals surface area contributed by atoms with Gasteiger partial charge in [-0.05, 0) is 12.1 Å². The van der Waals surface area contributed by atoms with Crippen LogP contribution in [-0.2, 0) is 6.11 Å². The molecule has 0 bridgehead atoms. The summed E-state index contributed by atoms with van der Waals surface area (Å²) in [6, 6.07) is 1.48. The minimum Gasteiger partial charge on any atom is -0.494 e. The molecule has 0 unspecified atom stereocenters. The number of alkyl halides is 2. The average molecular weight is 340 g/mol. The highest BCUT2D eigenvalue weighted by Crippen LogP contribution is 2.36. The van der Waals surface area contributed by atoms with Gasteiger partial charge in [-0.25, -0.2) is 17.6 Å². The Balaban J connectivity index is 2.41. The van der Waals surface area contributed by atoms with Gasteiger partial charge in [0.15, 0.2) is 29.0 Å². The highest BCUT2D eigenvalue weighted by Gasteiger charge is 2.40. The van der Waals surface area contributed by atoms with Crippen molar-refractivity contribution in [3.8, 4) is 11.5 Å². The Morgan fingerprint density at radius 1 is 0.826 bits per heavy atom. The zero-order chi connectivity index (χ0) is 17.4. The van der Waals surface area contributed by atoms with Gasteiger partial charge < -0.3 is 9.47 Å². The zero-order valence-corrected chi connectivity index (χ0v) is 11.3. The maximum atomic E-state index is 13.9. The summed E-state index contributed by atoms with van der Waals surface area (Å²) in [6.45, 7) is 0. The minimum atomic E-state index is -4.48. The molecule has 23 heavy (non-hydrogen) atoms. The quantitative estimate of drug-likeness (QED) is 0.602. The summed E-state index contributed by atoms with van der Waals surface area (Å²) < 4.78 is 102. The Hall–Kier alpha value is -2.45. The first-order valence-corrected chi connectivity index (χ1v) is 5.91. The van der Waals surface area contributed by atoms with Crippen LogP contribution >= 0.6 is 0 Å². The fraction of sp³-hybridized carbons (Fsp3) is 0.143. The molecule has 2 rings (SSSR count). The molecule has 0 radical (unpaired) electrons. The summed E-state index contributed by atoms with van der Waals surface area (Å²) in [7, 11) is 0.996. The minimum absolute atomic E-state index is 0.143. The van der Waals surface area contributed by atoms with Crippen molar-refractivity contribution < 1.29 is 40.2 Å². The van der Waals surface area contributed by atoms with E-state index in [0.717, 1.165) is 13.2 Å².